The number of hydrogen-bond donors (Lipinski definition) is 3. The number of nitro groups is 1. The van der Waals surface area contributed by atoms with Crippen LogP contribution in [0.3, 0.4) is 0 Å². The second-order valence-electron chi connectivity index (χ2n) is 17.9. The van der Waals surface area contributed by atoms with Gasteiger partial charge in [0.1, 0.15) is 12.1 Å². The van der Waals surface area contributed by atoms with Crippen LogP contribution in [0.4, 0.5) is 17.1 Å². The fraction of sp³-hybridized carbons (Fsp3) is 0.292. The lowest BCUT2D eigenvalue weighted by Crippen LogP contribution is -2.47. The topological polar surface area (TPSA) is 194 Å². The molecule has 1 fully saturated rings. The van der Waals surface area contributed by atoms with Gasteiger partial charge in [-0.2, -0.15) is 0 Å². The number of aromatic nitrogens is 5. The second-order valence-corrected chi connectivity index (χ2v) is 20.1. The fourth-order valence-corrected chi connectivity index (χ4v) is 10.4. The van der Waals surface area contributed by atoms with Gasteiger partial charge >= 0.3 is 0 Å². The summed E-state index contributed by atoms with van der Waals surface area (Å²) < 4.78 is 37.9. The van der Waals surface area contributed by atoms with Gasteiger partial charge in [0.05, 0.1) is 32.6 Å². The number of sulfonamides is 1. The molecule has 3 aromatic carbocycles. The van der Waals surface area contributed by atoms with E-state index in [1.807, 2.05) is 48.5 Å². The van der Waals surface area contributed by atoms with Crippen LogP contribution in [-0.4, -0.2) is 94.3 Å². The highest BCUT2D eigenvalue weighted by atomic mass is 35.5. The summed E-state index contributed by atoms with van der Waals surface area (Å²) in [6.45, 7) is 8.74. The highest BCUT2D eigenvalue weighted by Crippen LogP contribution is 2.44. The van der Waals surface area contributed by atoms with E-state index in [0.717, 1.165) is 79.8 Å². The van der Waals surface area contributed by atoms with Crippen LogP contribution >= 0.6 is 11.6 Å². The molecular formula is C48H47ClN10O6S. The maximum Gasteiger partial charge on any atom is 0.297 e. The van der Waals surface area contributed by atoms with Gasteiger partial charge in [-0.25, -0.2) is 23.1 Å². The van der Waals surface area contributed by atoms with Crippen molar-refractivity contribution in [2.75, 3.05) is 49.5 Å². The van der Waals surface area contributed by atoms with E-state index in [9.17, 15) is 23.3 Å². The Morgan fingerprint density at radius 3 is 2.59 bits per heavy atom. The normalized spacial score (nSPS) is 17.6. The second kappa shape index (κ2) is 17.2. The number of halogens is 1. The Morgan fingerprint density at radius 2 is 1.82 bits per heavy atom. The lowest BCUT2D eigenvalue weighted by atomic mass is 9.72. The van der Waals surface area contributed by atoms with Crippen LogP contribution in [0.25, 0.3) is 33.3 Å². The maximum absolute atomic E-state index is 14.3. The summed E-state index contributed by atoms with van der Waals surface area (Å²) in [6, 6.07) is 24.5. The molecule has 1 saturated heterocycles. The Morgan fingerprint density at radius 1 is 1.00 bits per heavy atom. The van der Waals surface area contributed by atoms with Gasteiger partial charge in [0, 0.05) is 91.7 Å². The molecule has 0 unspecified atom stereocenters. The highest BCUT2D eigenvalue weighted by molar-refractivity contribution is 7.90. The number of nitrogens with zero attached hydrogens (tertiary/aromatic N) is 7. The number of H-pyrrole nitrogens is 1. The number of amides is 1. The lowest BCUT2D eigenvalue weighted by Gasteiger charge is -2.39. The number of hydrogen-bond acceptors (Lipinski definition) is 12. The third-order valence-electron chi connectivity index (χ3n) is 12.8. The van der Waals surface area contributed by atoms with E-state index in [1.165, 1.54) is 22.8 Å². The molecule has 4 aromatic heterocycles. The fourth-order valence-electron chi connectivity index (χ4n) is 9.30. The Kier molecular flexibility index (Phi) is 11.2. The van der Waals surface area contributed by atoms with Crippen molar-refractivity contribution in [2.45, 2.75) is 50.5 Å². The predicted molar refractivity (Wildman–Crippen MR) is 254 cm³/mol. The van der Waals surface area contributed by atoms with Crippen molar-refractivity contribution in [3.05, 3.63) is 141 Å². The SMILES string of the molecule is CC1(C)CCC(CN2CCN(c3ccc(C(=O)NS(=O)(=O)c4cc5c(c([N+](=O)[O-])c4)N[C@@H](Cc4ccccn4)CO5)c(-n4[nH]cc5nc6nccc6cc54)c3)CC2)=C(c2ccc(Cl)cc2)C1. The lowest BCUT2D eigenvalue weighted by molar-refractivity contribution is -0.384. The number of piperazine rings is 1. The van der Waals surface area contributed by atoms with Gasteiger partial charge in [0.2, 0.25) is 0 Å². The minimum Gasteiger partial charge on any atom is -0.489 e. The van der Waals surface area contributed by atoms with E-state index in [1.54, 1.807) is 35.4 Å². The van der Waals surface area contributed by atoms with Crippen molar-refractivity contribution < 1.29 is 22.9 Å². The van der Waals surface area contributed by atoms with E-state index in [4.69, 9.17) is 16.3 Å². The molecular weight excluding hydrogens is 880 g/mol. The van der Waals surface area contributed by atoms with Crippen molar-refractivity contribution in [2.24, 2.45) is 5.41 Å². The zero-order chi connectivity index (χ0) is 45.7. The van der Waals surface area contributed by atoms with Crippen molar-refractivity contribution in [1.29, 1.82) is 0 Å². The smallest absolute Gasteiger partial charge is 0.297 e. The van der Waals surface area contributed by atoms with Crippen LogP contribution in [0, 0.1) is 15.5 Å². The number of ether oxygens (including phenoxy) is 1. The molecule has 1 aliphatic carbocycles. The zero-order valence-electron chi connectivity index (χ0n) is 36.3. The molecule has 1 atom stereocenters. The number of nitrogens with one attached hydrogen (secondary N) is 3. The molecule has 0 bridgehead atoms. The largest absolute Gasteiger partial charge is 0.489 e. The molecule has 66 heavy (non-hydrogen) atoms. The molecule has 0 spiro atoms. The Labute approximate surface area is 385 Å². The standard InChI is InChI=1S/C48H47ClN10O6S/c1-48(2)14-12-32(39(26-48)30-6-8-33(49)9-7-30)28-56-17-19-57(20-18-56)36-10-11-38(41(23-36)58-42-21-31-13-16-51-46(31)54-40(42)27-52-58)47(60)55-66(63,64)37-24-43(59(61)62)45-44(25-37)65-29-35(53-45)22-34-5-3-4-15-50-34/h3-11,13,15-16,21,23-25,27,35,52-53H,12,14,17-20,22,26,28-29H2,1-2H3,(H,55,60)/t35-/m0/s1. The van der Waals surface area contributed by atoms with Gasteiger partial charge in [-0.1, -0.05) is 49.2 Å². The molecule has 1 amide bonds. The van der Waals surface area contributed by atoms with E-state index < -0.39 is 31.4 Å². The number of rotatable bonds is 11. The third-order valence-corrected chi connectivity index (χ3v) is 14.4. The summed E-state index contributed by atoms with van der Waals surface area (Å²) in [5.74, 6) is -0.953. The van der Waals surface area contributed by atoms with Crippen LogP contribution in [0.1, 0.15) is 54.7 Å². The number of nitro benzene ring substituents is 1. The molecule has 3 N–H and O–H groups in total. The summed E-state index contributed by atoms with van der Waals surface area (Å²) >= 11 is 6.26. The number of carbonyl (C=O) groups excluding carboxylic acids is 1. The Bertz CT molecular complexity index is 3160. The minimum atomic E-state index is -4.68. The first-order chi connectivity index (χ1) is 31.8. The summed E-state index contributed by atoms with van der Waals surface area (Å²) in [6.07, 6.45) is 8.64. The van der Waals surface area contributed by atoms with Gasteiger partial charge in [-0.05, 0) is 90.4 Å². The molecule has 3 aliphatic rings. The van der Waals surface area contributed by atoms with Gasteiger partial charge in [-0.15, -0.1) is 0 Å². The van der Waals surface area contributed by atoms with Crippen LogP contribution in [-0.2, 0) is 16.4 Å². The number of pyridine rings is 2. The number of fused-ring (bicyclic) bond motifs is 3. The first-order valence-electron chi connectivity index (χ1n) is 21.9. The number of anilines is 2. The molecule has 0 radical (unpaired) electrons. The minimum absolute atomic E-state index is 0.0185. The summed E-state index contributed by atoms with van der Waals surface area (Å²) in [7, 11) is -4.68. The van der Waals surface area contributed by atoms with Crippen molar-refractivity contribution in [1.82, 2.24) is 34.4 Å². The third kappa shape index (κ3) is 8.68. The zero-order valence-corrected chi connectivity index (χ0v) is 37.9. The van der Waals surface area contributed by atoms with Crippen LogP contribution in [0.2, 0.25) is 5.02 Å². The van der Waals surface area contributed by atoms with Gasteiger partial charge < -0.3 is 15.0 Å². The molecule has 7 aromatic rings. The average Bonchev–Trinajstić information content (AvgIpc) is 3.95. The summed E-state index contributed by atoms with van der Waals surface area (Å²) in [5.41, 5.74) is 7.69. The number of benzene rings is 3. The number of aromatic amines is 1. The van der Waals surface area contributed by atoms with E-state index in [0.29, 0.717) is 28.8 Å². The van der Waals surface area contributed by atoms with Crippen LogP contribution < -0.4 is 19.7 Å². The predicted octanol–water partition coefficient (Wildman–Crippen LogP) is 8.18. The van der Waals surface area contributed by atoms with Crippen molar-refractivity contribution in [3.8, 4) is 11.4 Å². The maximum atomic E-state index is 14.3. The average molecular weight is 927 g/mol. The Balaban J connectivity index is 0.925. The van der Waals surface area contributed by atoms with Crippen molar-refractivity contribution in [3.63, 3.8) is 0 Å². The molecule has 16 nitrogen and oxygen atoms in total. The van der Waals surface area contributed by atoms with Gasteiger partial charge in [-0.3, -0.25) is 34.6 Å². The molecule has 0 saturated carbocycles. The van der Waals surface area contributed by atoms with E-state index in [2.05, 4.69) is 65.9 Å². The summed E-state index contributed by atoms with van der Waals surface area (Å²) in [4.78, 5) is 43.6. The first kappa shape index (κ1) is 43.1. The van der Waals surface area contributed by atoms with Crippen molar-refractivity contribution >= 4 is 72.2 Å². The van der Waals surface area contributed by atoms with E-state index in [-0.39, 0.29) is 35.1 Å². The van der Waals surface area contributed by atoms with Crippen LogP contribution in [0.5, 0.6) is 5.75 Å². The highest BCUT2D eigenvalue weighted by Gasteiger charge is 2.33. The quantitative estimate of drug-likeness (QED) is 0.0834. The molecule has 2 aliphatic heterocycles. The van der Waals surface area contributed by atoms with Crippen LogP contribution in [0.15, 0.2) is 114 Å². The van der Waals surface area contributed by atoms with Gasteiger partial charge in [0.25, 0.3) is 21.6 Å². The molecule has 18 heteroatoms. The van der Waals surface area contributed by atoms with E-state index >= 15 is 0 Å². The summed E-state index contributed by atoms with van der Waals surface area (Å²) in [5, 5.41) is 20.2. The molecule has 338 valence electrons. The monoisotopic (exact) mass is 926 g/mol. The van der Waals surface area contributed by atoms with Gasteiger partial charge in [0.15, 0.2) is 17.1 Å². The molecule has 6 heterocycles. The number of carbonyl (C=O) groups is 1. The molecule has 10 rings (SSSR count). The first-order valence-corrected chi connectivity index (χ1v) is 23.7. The number of allylic oxidation sites excluding steroid dienone is 1. The Hall–Kier alpha value is -6.82.